The largest absolute Gasteiger partial charge is 0.323 e. The van der Waals surface area contributed by atoms with E-state index in [1.165, 1.54) is 11.1 Å². The second-order valence-electron chi connectivity index (χ2n) is 6.30. The van der Waals surface area contributed by atoms with E-state index in [9.17, 15) is 0 Å². The quantitative estimate of drug-likeness (QED) is 0.654. The monoisotopic (exact) mass is 310 g/mol. The molecule has 3 aromatic heterocycles. The number of fused-ring (bicyclic) bond motifs is 1. The summed E-state index contributed by atoms with van der Waals surface area (Å²) in [5.41, 5.74) is 3.60. The van der Waals surface area contributed by atoms with Gasteiger partial charge in [0.2, 0.25) is 0 Å². The van der Waals surface area contributed by atoms with Crippen LogP contribution in [0.5, 0.6) is 0 Å². The molecule has 0 aromatic carbocycles. The van der Waals surface area contributed by atoms with E-state index in [-0.39, 0.29) is 0 Å². The lowest BCUT2D eigenvalue weighted by Crippen LogP contribution is -2.03. The van der Waals surface area contributed by atoms with Gasteiger partial charge in [0.15, 0.2) is 11.6 Å². The van der Waals surface area contributed by atoms with Gasteiger partial charge in [-0.05, 0) is 43.9 Å². The Morgan fingerprint density at radius 1 is 1.09 bits per heavy atom. The molecule has 0 aliphatic heterocycles. The summed E-state index contributed by atoms with van der Waals surface area (Å²) >= 11 is 0. The molecule has 4 heteroatoms. The third-order valence-corrected chi connectivity index (χ3v) is 4.47. The highest BCUT2D eigenvalue weighted by atomic mass is 15.3. The summed E-state index contributed by atoms with van der Waals surface area (Å²) in [5, 5.41) is 4.80. The molecule has 3 rings (SSSR count). The van der Waals surface area contributed by atoms with Gasteiger partial charge in [0, 0.05) is 35.9 Å². The zero-order valence-corrected chi connectivity index (χ0v) is 14.6. The fraction of sp³-hybridized carbons (Fsp3) is 0.474. The average molecular weight is 310 g/mol. The summed E-state index contributed by atoms with van der Waals surface area (Å²) in [4.78, 5) is 4.90. The Morgan fingerprint density at radius 2 is 1.87 bits per heavy atom. The molecule has 0 aliphatic carbocycles. The standard InChI is InChI=1S/C19H26N4/c1-5-10-23-19(20-18(21-23)15(6-2)7-3)16-11-17-9-8-14(4)12-22(17)13-16/h8-9,11-13,15H,5-7,10H2,1-4H3. The van der Waals surface area contributed by atoms with Crippen molar-refractivity contribution in [3.05, 3.63) is 42.0 Å². The van der Waals surface area contributed by atoms with Crippen LogP contribution in [0.4, 0.5) is 0 Å². The molecule has 0 spiro atoms. The van der Waals surface area contributed by atoms with Crippen molar-refractivity contribution < 1.29 is 0 Å². The zero-order valence-electron chi connectivity index (χ0n) is 14.6. The summed E-state index contributed by atoms with van der Waals surface area (Å²) in [6.07, 6.45) is 7.55. The molecule has 0 radical (unpaired) electrons. The van der Waals surface area contributed by atoms with Gasteiger partial charge >= 0.3 is 0 Å². The number of aromatic nitrogens is 4. The number of pyridine rings is 1. The van der Waals surface area contributed by atoms with E-state index in [1.807, 2.05) is 0 Å². The van der Waals surface area contributed by atoms with Crippen molar-refractivity contribution >= 4 is 5.52 Å². The maximum atomic E-state index is 4.90. The summed E-state index contributed by atoms with van der Waals surface area (Å²) in [7, 11) is 0. The first-order valence-electron chi connectivity index (χ1n) is 8.69. The highest BCUT2D eigenvalue weighted by Gasteiger charge is 2.18. The topological polar surface area (TPSA) is 35.1 Å². The molecule has 122 valence electrons. The number of hydrogen-bond donors (Lipinski definition) is 0. The first kappa shape index (κ1) is 15.8. The maximum Gasteiger partial charge on any atom is 0.159 e. The Kier molecular flexibility index (Phi) is 4.51. The van der Waals surface area contributed by atoms with Crippen molar-refractivity contribution in [2.75, 3.05) is 0 Å². The minimum Gasteiger partial charge on any atom is -0.323 e. The Labute approximate surface area is 138 Å². The smallest absolute Gasteiger partial charge is 0.159 e. The van der Waals surface area contributed by atoms with E-state index in [0.29, 0.717) is 5.92 Å². The van der Waals surface area contributed by atoms with Crippen molar-refractivity contribution in [3.8, 4) is 11.4 Å². The number of rotatable bonds is 6. The predicted octanol–water partition coefficient (Wildman–Crippen LogP) is 4.82. The molecule has 0 atom stereocenters. The van der Waals surface area contributed by atoms with Crippen LogP contribution in [0.15, 0.2) is 30.6 Å². The predicted molar refractivity (Wildman–Crippen MR) is 94.8 cm³/mol. The highest BCUT2D eigenvalue weighted by molar-refractivity contribution is 5.65. The van der Waals surface area contributed by atoms with Gasteiger partial charge in [-0.1, -0.05) is 26.8 Å². The minimum atomic E-state index is 0.450. The Morgan fingerprint density at radius 3 is 2.57 bits per heavy atom. The average Bonchev–Trinajstić information content (AvgIpc) is 3.12. The normalized spacial score (nSPS) is 11.7. The van der Waals surface area contributed by atoms with Crippen molar-refractivity contribution in [2.24, 2.45) is 0 Å². The number of hydrogen-bond acceptors (Lipinski definition) is 2. The van der Waals surface area contributed by atoms with Gasteiger partial charge in [-0.3, -0.25) is 0 Å². The molecule has 3 heterocycles. The second kappa shape index (κ2) is 6.57. The van der Waals surface area contributed by atoms with E-state index >= 15 is 0 Å². The van der Waals surface area contributed by atoms with Gasteiger partial charge in [0.1, 0.15) is 0 Å². The van der Waals surface area contributed by atoms with Gasteiger partial charge in [0.25, 0.3) is 0 Å². The summed E-state index contributed by atoms with van der Waals surface area (Å²) in [6.45, 7) is 9.63. The fourth-order valence-corrected chi connectivity index (χ4v) is 3.11. The van der Waals surface area contributed by atoms with Crippen molar-refractivity contribution in [3.63, 3.8) is 0 Å². The molecule has 0 saturated carbocycles. The lowest BCUT2D eigenvalue weighted by atomic mass is 10.0. The molecular weight excluding hydrogens is 284 g/mol. The van der Waals surface area contributed by atoms with E-state index in [2.05, 4.69) is 67.4 Å². The van der Waals surface area contributed by atoms with E-state index < -0.39 is 0 Å². The van der Waals surface area contributed by atoms with Gasteiger partial charge in [0.05, 0.1) is 0 Å². The van der Waals surface area contributed by atoms with Crippen LogP contribution in [0.25, 0.3) is 16.9 Å². The van der Waals surface area contributed by atoms with Gasteiger partial charge < -0.3 is 4.40 Å². The summed E-state index contributed by atoms with van der Waals surface area (Å²) in [6, 6.07) is 6.50. The Balaban J connectivity index is 2.08. The zero-order chi connectivity index (χ0) is 16.4. The molecule has 0 bridgehead atoms. The van der Waals surface area contributed by atoms with Crippen LogP contribution in [0, 0.1) is 6.92 Å². The molecular formula is C19H26N4. The first-order chi connectivity index (χ1) is 11.2. The molecule has 0 amide bonds. The minimum absolute atomic E-state index is 0.450. The highest BCUT2D eigenvalue weighted by Crippen LogP contribution is 2.26. The molecule has 0 N–H and O–H groups in total. The lowest BCUT2D eigenvalue weighted by Gasteiger charge is -2.05. The summed E-state index contributed by atoms with van der Waals surface area (Å²) in [5.74, 6) is 2.44. The molecule has 4 nitrogen and oxygen atoms in total. The third kappa shape index (κ3) is 3.03. The van der Waals surface area contributed by atoms with Crippen molar-refractivity contribution in [2.45, 2.75) is 59.4 Å². The molecule has 23 heavy (non-hydrogen) atoms. The molecule has 0 fully saturated rings. The summed E-state index contributed by atoms with van der Waals surface area (Å²) < 4.78 is 4.25. The van der Waals surface area contributed by atoms with Crippen LogP contribution >= 0.6 is 0 Å². The Bertz CT molecular complexity index is 793. The second-order valence-corrected chi connectivity index (χ2v) is 6.30. The van der Waals surface area contributed by atoms with Gasteiger partial charge in [-0.15, -0.1) is 0 Å². The molecule has 0 saturated heterocycles. The van der Waals surface area contributed by atoms with Crippen LogP contribution in [0.3, 0.4) is 0 Å². The number of aryl methyl sites for hydroxylation is 2. The molecule has 3 aromatic rings. The van der Waals surface area contributed by atoms with Crippen LogP contribution in [-0.4, -0.2) is 19.2 Å². The van der Waals surface area contributed by atoms with Crippen LogP contribution in [0.2, 0.25) is 0 Å². The van der Waals surface area contributed by atoms with Crippen molar-refractivity contribution in [1.29, 1.82) is 0 Å². The molecule has 0 aliphatic rings. The number of nitrogens with zero attached hydrogens (tertiary/aromatic N) is 4. The van der Waals surface area contributed by atoms with E-state index in [4.69, 9.17) is 10.1 Å². The SMILES string of the molecule is CCCn1nc(C(CC)CC)nc1-c1cc2ccc(C)cn2c1. The lowest BCUT2D eigenvalue weighted by molar-refractivity contribution is 0.561. The fourth-order valence-electron chi connectivity index (χ4n) is 3.11. The van der Waals surface area contributed by atoms with Crippen molar-refractivity contribution in [1.82, 2.24) is 19.2 Å². The van der Waals surface area contributed by atoms with Crippen LogP contribution in [-0.2, 0) is 6.54 Å². The van der Waals surface area contributed by atoms with Crippen LogP contribution in [0.1, 0.15) is 57.3 Å². The van der Waals surface area contributed by atoms with E-state index in [0.717, 1.165) is 43.0 Å². The third-order valence-electron chi connectivity index (χ3n) is 4.47. The maximum absolute atomic E-state index is 4.90. The van der Waals surface area contributed by atoms with Crippen LogP contribution < -0.4 is 0 Å². The molecule has 0 unspecified atom stereocenters. The van der Waals surface area contributed by atoms with Gasteiger partial charge in [-0.25, -0.2) is 9.67 Å². The van der Waals surface area contributed by atoms with Gasteiger partial charge in [-0.2, -0.15) is 5.10 Å². The Hall–Kier alpha value is -2.10. The van der Waals surface area contributed by atoms with E-state index in [1.54, 1.807) is 0 Å². The first-order valence-corrected chi connectivity index (χ1v) is 8.69.